The zero-order chi connectivity index (χ0) is 54.1. The Hall–Kier alpha value is -2.86. The standard InChI is InChI=1S/C41H70N7O21P3S/c1-25(65-40-28(50)20-27(49)26(2)66-40)14-12-10-8-6-5-7-9-11-13-15-31(52)73-19-18-43-30(51)16-17-44-38(55)35(54)41(3,4)22-64-72(61,62)69-71(59,60)63-21-29-34(68-70(56,57)58)33(53)39(67-29)48-24-47-32-36(42)45-23-46-37(32)48/h13,15,23-29,33-35,39-40,49-50,53-54H,5-12,14,16-22H2,1-4H3,(H,43,51)(H,44,55)(H,59,60)(H,61,62)(H2,42,45,46)(H2,56,57,58)/p-4/b15-13+/t25-,26+,27-,28-,29-,33-,34-,35+,39-,40-/m1/s1. The largest absolute Gasteiger partial charge is 0.790 e. The molecule has 0 aromatic carbocycles. The van der Waals surface area contributed by atoms with E-state index < -0.39 is 103 Å². The maximum Gasteiger partial charge on any atom is 0.274 e. The van der Waals surface area contributed by atoms with Crippen molar-refractivity contribution in [3.63, 3.8) is 0 Å². The average Bonchev–Trinajstić information content (AvgIpc) is 3.86. The van der Waals surface area contributed by atoms with Crippen LogP contribution in [0.4, 0.5) is 5.82 Å². The van der Waals surface area contributed by atoms with Crippen molar-refractivity contribution < 1.29 is 100 Å². The number of rotatable bonds is 32. The fourth-order valence-electron chi connectivity index (χ4n) is 7.43. The number of fused-ring (bicyclic) bond motifs is 1. The van der Waals surface area contributed by atoms with Crippen LogP contribution in [0.5, 0.6) is 0 Å². The first-order valence-corrected chi connectivity index (χ1v) is 28.9. The van der Waals surface area contributed by atoms with Crippen LogP contribution in [0.15, 0.2) is 24.8 Å². The first-order valence-electron chi connectivity index (χ1n) is 23.5. The van der Waals surface area contributed by atoms with Crippen LogP contribution in [0.3, 0.4) is 0 Å². The highest BCUT2D eigenvalue weighted by atomic mass is 32.2. The summed E-state index contributed by atoms with van der Waals surface area (Å²) in [5, 5.41) is 46.1. The summed E-state index contributed by atoms with van der Waals surface area (Å²) in [5.74, 6) is -1.29. The van der Waals surface area contributed by atoms with Crippen molar-refractivity contribution in [1.29, 1.82) is 0 Å². The summed E-state index contributed by atoms with van der Waals surface area (Å²) in [6.45, 7) is 3.73. The summed E-state index contributed by atoms with van der Waals surface area (Å²) < 4.78 is 72.3. The number of aromatic nitrogens is 4. The molecule has 28 nitrogen and oxygen atoms in total. The Morgan fingerprint density at radius 2 is 1.63 bits per heavy atom. The SMILES string of the molecule is C[C@H](CCCCCCCCC/C=C/C(=O)SCCNC(=O)CCNC(=O)[C@H](O)C(C)(C)COP(=O)([O-])OP(=O)([O-])OC[C@H]1O[C@@H](n2cnc3c(N)ncnc32)[C@H](O)[C@@H]1OP(=O)([O-])[O-])O[C@@H]1O[C@@H](C)[C@H](O)C[C@H]1O. The number of thioether (sulfide) groups is 1. The number of phosphoric acid groups is 3. The molecule has 4 rings (SSSR count). The summed E-state index contributed by atoms with van der Waals surface area (Å²) >= 11 is 1.02. The number of hydrogen-bond acceptors (Lipinski definition) is 26. The van der Waals surface area contributed by atoms with Crippen molar-refractivity contribution in [3.8, 4) is 0 Å². The van der Waals surface area contributed by atoms with E-state index in [0.717, 1.165) is 86.8 Å². The number of aliphatic hydroxyl groups excluding tert-OH is 4. The number of hydrogen-bond donors (Lipinski definition) is 7. The lowest BCUT2D eigenvalue weighted by molar-refractivity contribution is -0.347. The summed E-state index contributed by atoms with van der Waals surface area (Å²) in [6.07, 6.45) is 2.16. The van der Waals surface area contributed by atoms with E-state index in [1.54, 1.807) is 6.92 Å². The van der Waals surface area contributed by atoms with Gasteiger partial charge in [0, 0.05) is 37.1 Å². The van der Waals surface area contributed by atoms with Gasteiger partial charge in [0.25, 0.3) is 15.6 Å². The van der Waals surface area contributed by atoms with Crippen molar-refractivity contribution in [2.45, 2.75) is 160 Å². The Kier molecular flexibility index (Phi) is 24.9. The van der Waals surface area contributed by atoms with Gasteiger partial charge >= 0.3 is 0 Å². The monoisotopic (exact) mass is 1120 g/mol. The van der Waals surface area contributed by atoms with Gasteiger partial charge in [-0.05, 0) is 39.2 Å². The number of carbonyl (C=O) groups is 3. The van der Waals surface area contributed by atoms with Gasteiger partial charge in [0.2, 0.25) is 16.9 Å². The number of nitrogens with zero attached hydrogens (tertiary/aromatic N) is 4. The lowest BCUT2D eigenvalue weighted by atomic mass is 9.87. The third-order valence-corrected chi connectivity index (χ3v) is 15.4. The fraction of sp³-hybridized carbons (Fsp3) is 0.756. The van der Waals surface area contributed by atoms with Crippen LogP contribution >= 0.6 is 35.2 Å². The maximum atomic E-state index is 12.7. The summed E-state index contributed by atoms with van der Waals surface area (Å²) in [4.78, 5) is 96.9. The van der Waals surface area contributed by atoms with Crippen LogP contribution in [0.25, 0.3) is 11.2 Å². The molecule has 2 aliphatic heterocycles. The van der Waals surface area contributed by atoms with E-state index in [9.17, 15) is 68.1 Å². The molecule has 2 unspecified atom stereocenters. The minimum absolute atomic E-state index is 0.0267. The third kappa shape index (κ3) is 21.2. The molecular formula is C41H66N7O21P3S-4. The molecule has 0 bridgehead atoms. The molecule has 416 valence electrons. The predicted octanol–water partition coefficient (Wildman–Crippen LogP) is -0.534. The average molecular weight is 1120 g/mol. The predicted molar refractivity (Wildman–Crippen MR) is 250 cm³/mol. The van der Waals surface area contributed by atoms with Gasteiger partial charge in [0.1, 0.15) is 42.4 Å². The molecule has 0 radical (unpaired) electrons. The van der Waals surface area contributed by atoms with Gasteiger partial charge in [-0.25, -0.2) is 19.3 Å². The highest BCUT2D eigenvalue weighted by Crippen LogP contribution is 2.56. The Morgan fingerprint density at radius 3 is 2.33 bits per heavy atom. The lowest BCUT2D eigenvalue weighted by Crippen LogP contribution is -2.48. The second-order valence-electron chi connectivity index (χ2n) is 18.1. The van der Waals surface area contributed by atoms with Crippen molar-refractivity contribution >= 4 is 69.1 Å². The number of aliphatic hydroxyl groups is 4. The molecule has 32 heteroatoms. The Balaban J connectivity index is 1.04. The van der Waals surface area contributed by atoms with Gasteiger partial charge in [0.05, 0.1) is 45.7 Å². The van der Waals surface area contributed by atoms with Gasteiger partial charge in [-0.15, -0.1) is 0 Å². The lowest BCUT2D eigenvalue weighted by Gasteiger charge is -2.36. The quantitative estimate of drug-likeness (QED) is 0.0275. The first-order chi connectivity index (χ1) is 34.2. The second kappa shape index (κ2) is 29.0. The van der Waals surface area contributed by atoms with Gasteiger partial charge in [-0.3, -0.25) is 28.1 Å². The number of unbranched alkanes of at least 4 members (excludes halogenated alkanes) is 7. The van der Waals surface area contributed by atoms with Crippen LogP contribution in [-0.2, 0) is 60.2 Å². The molecule has 2 aromatic heterocycles. The Morgan fingerprint density at radius 1 is 0.959 bits per heavy atom. The van der Waals surface area contributed by atoms with Crippen LogP contribution in [0.2, 0.25) is 0 Å². The van der Waals surface area contributed by atoms with Crippen molar-refractivity contribution in [2.75, 3.05) is 37.8 Å². The molecule has 73 heavy (non-hydrogen) atoms. The van der Waals surface area contributed by atoms with Crippen LogP contribution in [0, 0.1) is 5.41 Å². The van der Waals surface area contributed by atoms with Crippen LogP contribution < -0.4 is 35.9 Å². The minimum atomic E-state index is -5.94. The van der Waals surface area contributed by atoms with Crippen molar-refractivity contribution in [3.05, 3.63) is 24.8 Å². The molecule has 0 spiro atoms. The Bertz CT molecular complexity index is 2280. The number of ether oxygens (including phenoxy) is 3. The van der Waals surface area contributed by atoms with E-state index in [1.165, 1.54) is 19.9 Å². The van der Waals surface area contributed by atoms with E-state index in [1.807, 2.05) is 13.0 Å². The Labute approximate surface area is 425 Å². The summed E-state index contributed by atoms with van der Waals surface area (Å²) in [7, 11) is -17.7. The highest BCUT2D eigenvalue weighted by Gasteiger charge is 2.47. The molecule has 2 aromatic rings. The molecule has 4 heterocycles. The molecule has 12 atom stereocenters. The molecule has 2 fully saturated rings. The molecule has 2 amide bonds. The maximum absolute atomic E-state index is 12.7. The highest BCUT2D eigenvalue weighted by molar-refractivity contribution is 8.14. The normalized spacial score (nSPS) is 25.3. The topological polar surface area (TPSA) is 434 Å². The van der Waals surface area contributed by atoms with Gasteiger partial charge < -0.3 is 88.7 Å². The number of nitrogen functional groups attached to an aromatic ring is 1. The molecule has 0 saturated carbocycles. The second-order valence-corrected chi connectivity index (χ2v) is 23.3. The minimum Gasteiger partial charge on any atom is -0.790 e. The number of allylic oxidation sites excluding steroid dienone is 1. The van der Waals surface area contributed by atoms with E-state index in [-0.39, 0.29) is 60.2 Å². The third-order valence-electron chi connectivity index (χ3n) is 11.5. The van der Waals surface area contributed by atoms with Crippen molar-refractivity contribution in [1.82, 2.24) is 30.2 Å². The molecule has 8 N–H and O–H groups in total. The number of carbonyl (C=O) groups excluding carboxylic acids is 3. The molecule has 0 aliphatic carbocycles. The van der Waals surface area contributed by atoms with Crippen LogP contribution in [-0.4, -0.2) is 144 Å². The number of nitrogens with one attached hydrogen (secondary N) is 2. The van der Waals surface area contributed by atoms with Crippen LogP contribution in [0.1, 0.15) is 105 Å². The van der Waals surface area contributed by atoms with E-state index in [2.05, 4.69) is 43.5 Å². The van der Waals surface area contributed by atoms with Gasteiger partial charge in [0.15, 0.2) is 24.0 Å². The molecular weight excluding hydrogens is 1050 g/mol. The summed E-state index contributed by atoms with van der Waals surface area (Å²) in [5.41, 5.74) is 4.06. The zero-order valence-corrected chi connectivity index (χ0v) is 44.2. The number of nitrogens with two attached hydrogens (primary N) is 1. The van der Waals surface area contributed by atoms with E-state index in [4.69, 9.17) is 19.9 Å². The fourth-order valence-corrected chi connectivity index (χ4v) is 10.8. The number of imidazole rings is 1. The number of anilines is 1. The van der Waals surface area contributed by atoms with E-state index >= 15 is 0 Å². The number of phosphoric ester groups is 3. The molecule has 2 aliphatic rings. The first kappa shape index (κ1) is 62.7. The molecule has 2 saturated heterocycles. The van der Waals surface area contributed by atoms with Crippen molar-refractivity contribution in [2.24, 2.45) is 5.41 Å². The summed E-state index contributed by atoms with van der Waals surface area (Å²) in [6, 6.07) is 0. The number of amides is 2. The zero-order valence-electron chi connectivity index (χ0n) is 40.7. The van der Waals surface area contributed by atoms with E-state index in [0.29, 0.717) is 5.75 Å². The van der Waals surface area contributed by atoms with Gasteiger partial charge in [-0.2, -0.15) is 0 Å². The smallest absolute Gasteiger partial charge is 0.274 e. The van der Waals surface area contributed by atoms with Gasteiger partial charge in [-0.1, -0.05) is 70.2 Å².